The Balaban J connectivity index is 1.65. The summed E-state index contributed by atoms with van der Waals surface area (Å²) in [6.07, 6.45) is 4.65. The van der Waals surface area contributed by atoms with Gasteiger partial charge in [0.15, 0.2) is 23.0 Å². The van der Waals surface area contributed by atoms with Crippen molar-refractivity contribution in [3.63, 3.8) is 0 Å². The summed E-state index contributed by atoms with van der Waals surface area (Å²) in [5, 5.41) is 42.5. The third kappa shape index (κ3) is 8.14. The Morgan fingerprint density at radius 2 is 1.61 bits per heavy atom. The Morgan fingerprint density at radius 1 is 0.841 bits per heavy atom. The van der Waals surface area contributed by atoms with Crippen molar-refractivity contribution in [2.75, 3.05) is 14.2 Å². The lowest BCUT2D eigenvalue weighted by atomic mass is 9.80. The van der Waals surface area contributed by atoms with E-state index in [2.05, 4.69) is 18.8 Å². The number of aliphatic hydroxyl groups is 1. The lowest BCUT2D eigenvalue weighted by molar-refractivity contribution is -0.123. The van der Waals surface area contributed by atoms with Crippen LogP contribution in [0.4, 0.5) is 0 Å². The number of hydrogen-bond acceptors (Lipinski definition) is 7. The quantitative estimate of drug-likeness (QED) is 0.111. The number of Topliss-reactive ketones (excluding diaryl/α,β-unsaturated/α-hetero) is 1. The van der Waals surface area contributed by atoms with Crippen LogP contribution in [0.1, 0.15) is 54.0 Å². The van der Waals surface area contributed by atoms with Crippen molar-refractivity contribution in [2.45, 2.75) is 58.0 Å². The minimum atomic E-state index is -0.974. The fourth-order valence-electron chi connectivity index (χ4n) is 5.88. The molecular formula is C36H43NO7. The Kier molecular flexibility index (Phi) is 11.0. The third-order valence-electron chi connectivity index (χ3n) is 8.10. The molecule has 0 aliphatic rings. The highest BCUT2D eigenvalue weighted by molar-refractivity contribution is 5.86. The summed E-state index contributed by atoms with van der Waals surface area (Å²) in [6.45, 7) is 4.20. The smallest absolute Gasteiger partial charge is 0.163 e. The van der Waals surface area contributed by atoms with Crippen LogP contribution >= 0.6 is 0 Å². The van der Waals surface area contributed by atoms with Crippen molar-refractivity contribution < 1.29 is 34.7 Å². The molecule has 1 heterocycles. The van der Waals surface area contributed by atoms with Gasteiger partial charge in [-0.1, -0.05) is 38.1 Å². The standard InChI is InChI=1S/C36H43NO7/c1-22(2)14-30-26(9-11-32(40)36(30)44-4)18-27(15-24-12-13-37-21-24)33(41)20-34(42)29(25-6-5-7-28(38)19-25)16-23-8-10-31(39)35(17-23)43-3/h5-13,17,19,21-22,27,29,33,37-41H,14-16,18,20H2,1-4H3/t27-,29+,33-/m1/s1. The molecule has 0 aliphatic heterocycles. The van der Waals surface area contributed by atoms with Crippen molar-refractivity contribution in [3.05, 3.63) is 101 Å². The summed E-state index contributed by atoms with van der Waals surface area (Å²) in [4.78, 5) is 17.1. The first kappa shape index (κ1) is 32.5. The molecule has 0 aliphatic carbocycles. The van der Waals surface area contributed by atoms with E-state index in [1.54, 1.807) is 49.6 Å². The summed E-state index contributed by atoms with van der Waals surface area (Å²) in [7, 11) is 3.01. The number of nitrogens with one attached hydrogen (secondary N) is 1. The molecule has 4 aromatic rings. The number of ketones is 1. The maximum atomic E-state index is 14.0. The van der Waals surface area contributed by atoms with Crippen molar-refractivity contribution in [2.24, 2.45) is 11.8 Å². The van der Waals surface area contributed by atoms with E-state index in [1.807, 2.05) is 24.5 Å². The van der Waals surface area contributed by atoms with Gasteiger partial charge in [0, 0.05) is 30.3 Å². The van der Waals surface area contributed by atoms with Gasteiger partial charge in [0.1, 0.15) is 11.5 Å². The van der Waals surface area contributed by atoms with E-state index >= 15 is 0 Å². The molecule has 3 atom stereocenters. The molecule has 8 heteroatoms. The lowest BCUT2D eigenvalue weighted by Crippen LogP contribution is -2.30. The number of aromatic nitrogens is 1. The first-order chi connectivity index (χ1) is 21.1. The Labute approximate surface area is 258 Å². The van der Waals surface area contributed by atoms with Crippen molar-refractivity contribution >= 4 is 5.78 Å². The first-order valence-corrected chi connectivity index (χ1v) is 14.9. The molecule has 0 amide bonds. The van der Waals surface area contributed by atoms with Crippen LogP contribution in [0.5, 0.6) is 28.7 Å². The Bertz CT molecular complexity index is 1530. The average molecular weight is 602 g/mol. The van der Waals surface area contributed by atoms with Crippen LogP contribution < -0.4 is 9.47 Å². The van der Waals surface area contributed by atoms with Gasteiger partial charge >= 0.3 is 0 Å². The number of carbonyl (C=O) groups excluding carboxylic acids is 1. The monoisotopic (exact) mass is 601 g/mol. The van der Waals surface area contributed by atoms with E-state index in [0.29, 0.717) is 48.7 Å². The summed E-state index contributed by atoms with van der Waals surface area (Å²) in [5.74, 6) is 0.0478. The number of H-pyrrole nitrogens is 1. The highest BCUT2D eigenvalue weighted by Gasteiger charge is 2.30. The molecule has 0 saturated heterocycles. The molecule has 0 fully saturated rings. The maximum absolute atomic E-state index is 14.0. The van der Waals surface area contributed by atoms with Crippen LogP contribution in [-0.4, -0.2) is 51.5 Å². The van der Waals surface area contributed by atoms with Crippen molar-refractivity contribution in [1.82, 2.24) is 4.98 Å². The fourth-order valence-corrected chi connectivity index (χ4v) is 5.88. The molecule has 44 heavy (non-hydrogen) atoms. The lowest BCUT2D eigenvalue weighted by Gasteiger charge is -2.26. The molecule has 0 spiro atoms. The van der Waals surface area contributed by atoms with E-state index in [1.165, 1.54) is 13.2 Å². The van der Waals surface area contributed by atoms with E-state index in [9.17, 15) is 25.2 Å². The first-order valence-electron chi connectivity index (χ1n) is 14.9. The van der Waals surface area contributed by atoms with Crippen molar-refractivity contribution in [1.29, 1.82) is 0 Å². The van der Waals surface area contributed by atoms with Crippen molar-refractivity contribution in [3.8, 4) is 28.7 Å². The summed E-state index contributed by atoms with van der Waals surface area (Å²) in [6, 6.07) is 17.0. The number of aromatic amines is 1. The number of hydrogen-bond donors (Lipinski definition) is 5. The summed E-state index contributed by atoms with van der Waals surface area (Å²) < 4.78 is 10.9. The van der Waals surface area contributed by atoms with E-state index in [0.717, 1.165) is 22.3 Å². The van der Waals surface area contributed by atoms with Crippen LogP contribution in [0, 0.1) is 11.8 Å². The van der Waals surface area contributed by atoms with E-state index in [-0.39, 0.29) is 35.4 Å². The molecule has 1 aromatic heterocycles. The summed E-state index contributed by atoms with van der Waals surface area (Å²) in [5.41, 5.74) is 4.28. The number of aromatic hydroxyl groups is 3. The zero-order valence-electron chi connectivity index (χ0n) is 25.8. The predicted octanol–water partition coefficient (Wildman–Crippen LogP) is 6.10. The number of methoxy groups -OCH3 is 2. The normalized spacial score (nSPS) is 13.4. The van der Waals surface area contributed by atoms with Crippen LogP contribution in [0.2, 0.25) is 0 Å². The van der Waals surface area contributed by atoms with E-state index < -0.39 is 12.0 Å². The topological polar surface area (TPSA) is 132 Å². The van der Waals surface area contributed by atoms with Gasteiger partial charge in [0.25, 0.3) is 0 Å². The SMILES string of the molecule is COc1cc(C[C@H](C(=O)C[C@@H](O)[C@H](Cc2cc[nH]c2)Cc2ccc(O)c(OC)c2CC(C)C)c2cccc(O)c2)ccc1O. The van der Waals surface area contributed by atoms with E-state index in [4.69, 9.17) is 9.47 Å². The Hall–Kier alpha value is -4.43. The van der Waals surface area contributed by atoms with Gasteiger partial charge in [-0.2, -0.15) is 0 Å². The molecular weight excluding hydrogens is 558 g/mol. The number of rotatable bonds is 15. The van der Waals surface area contributed by atoms with Gasteiger partial charge in [0.2, 0.25) is 0 Å². The highest BCUT2D eigenvalue weighted by Crippen LogP contribution is 2.37. The van der Waals surface area contributed by atoms with Gasteiger partial charge in [0.05, 0.1) is 20.3 Å². The van der Waals surface area contributed by atoms with Gasteiger partial charge in [-0.15, -0.1) is 0 Å². The highest BCUT2D eigenvalue weighted by atomic mass is 16.5. The molecule has 3 aromatic carbocycles. The number of carbonyl (C=O) groups is 1. The van der Waals surface area contributed by atoms with Crippen LogP contribution in [0.3, 0.4) is 0 Å². The van der Waals surface area contributed by atoms with Gasteiger partial charge in [-0.05, 0) is 96.2 Å². The molecule has 0 bridgehead atoms. The summed E-state index contributed by atoms with van der Waals surface area (Å²) >= 11 is 0. The number of ether oxygens (including phenoxy) is 2. The molecule has 0 unspecified atom stereocenters. The molecule has 234 valence electrons. The number of benzene rings is 3. The minimum absolute atomic E-state index is 0.00204. The van der Waals surface area contributed by atoms with Crippen LogP contribution in [0.15, 0.2) is 73.1 Å². The number of phenolic OH excluding ortho intramolecular Hbond substituents is 3. The second-order valence-corrected chi connectivity index (χ2v) is 11.8. The van der Waals surface area contributed by atoms with Gasteiger partial charge in [-0.25, -0.2) is 0 Å². The molecule has 8 nitrogen and oxygen atoms in total. The Morgan fingerprint density at radius 3 is 2.27 bits per heavy atom. The second kappa shape index (κ2) is 14.8. The largest absolute Gasteiger partial charge is 0.508 e. The van der Waals surface area contributed by atoms with Crippen LogP contribution in [0.25, 0.3) is 0 Å². The number of phenols is 3. The molecule has 0 saturated carbocycles. The maximum Gasteiger partial charge on any atom is 0.163 e. The zero-order chi connectivity index (χ0) is 31.8. The average Bonchev–Trinajstić information content (AvgIpc) is 3.50. The van der Waals surface area contributed by atoms with Gasteiger partial charge in [-0.3, -0.25) is 4.79 Å². The molecule has 4 rings (SSSR count). The fraction of sp³-hybridized carbons (Fsp3) is 0.361. The molecule has 0 radical (unpaired) electrons. The second-order valence-electron chi connectivity index (χ2n) is 11.8. The molecule has 5 N–H and O–H groups in total. The zero-order valence-corrected chi connectivity index (χ0v) is 25.8. The number of aliphatic hydroxyl groups excluding tert-OH is 1. The van der Waals surface area contributed by atoms with Crippen LogP contribution in [-0.2, 0) is 30.5 Å². The minimum Gasteiger partial charge on any atom is -0.508 e. The predicted molar refractivity (Wildman–Crippen MR) is 170 cm³/mol. The third-order valence-corrected chi connectivity index (χ3v) is 8.10. The van der Waals surface area contributed by atoms with Gasteiger partial charge < -0.3 is 34.9 Å².